The van der Waals surface area contributed by atoms with Gasteiger partial charge in [0.25, 0.3) is 0 Å². The highest BCUT2D eigenvalue weighted by molar-refractivity contribution is 6.19. The van der Waals surface area contributed by atoms with Gasteiger partial charge in [-0.15, -0.1) is 0 Å². The summed E-state index contributed by atoms with van der Waals surface area (Å²) in [6.45, 7) is 0. The molecule has 0 unspecified atom stereocenters. The fourth-order valence-electron chi connectivity index (χ4n) is 8.18. The van der Waals surface area contributed by atoms with Crippen LogP contribution in [0.25, 0.3) is 106 Å². The van der Waals surface area contributed by atoms with Gasteiger partial charge in [0, 0.05) is 33.2 Å². The van der Waals surface area contributed by atoms with E-state index in [0.29, 0.717) is 17.5 Å². The van der Waals surface area contributed by atoms with E-state index in [1.807, 2.05) is 60.7 Å². The molecule has 2 aromatic heterocycles. The zero-order valence-corrected chi connectivity index (χ0v) is 28.6. The fourth-order valence-corrected chi connectivity index (χ4v) is 8.18. The molecule has 1 aliphatic carbocycles. The Morgan fingerprint density at radius 2 is 0.792 bits per heavy atom. The van der Waals surface area contributed by atoms with E-state index >= 15 is 0 Å². The van der Waals surface area contributed by atoms with Crippen LogP contribution in [0.5, 0.6) is 0 Å². The molecule has 0 bridgehead atoms. The number of benzene rings is 8. The second-order valence-electron chi connectivity index (χ2n) is 13.6. The van der Waals surface area contributed by atoms with E-state index in [1.165, 1.54) is 66.0 Å². The molecule has 0 atom stereocenters. The van der Waals surface area contributed by atoms with Crippen molar-refractivity contribution in [1.82, 2.24) is 19.5 Å². The molecule has 10 aromatic rings. The third kappa shape index (κ3) is 4.66. The molecule has 0 amide bonds. The summed E-state index contributed by atoms with van der Waals surface area (Å²) in [7, 11) is 0. The van der Waals surface area contributed by atoms with Gasteiger partial charge in [-0.25, -0.2) is 15.0 Å². The number of nitrogens with zero attached hydrogens (tertiary/aromatic N) is 4. The first kappa shape index (κ1) is 29.5. The molecule has 246 valence electrons. The molecule has 53 heavy (non-hydrogen) atoms. The molecule has 11 rings (SSSR count). The van der Waals surface area contributed by atoms with Crippen molar-refractivity contribution in [2.24, 2.45) is 0 Å². The Bertz CT molecular complexity index is 2950. The van der Waals surface area contributed by atoms with E-state index in [9.17, 15) is 0 Å². The van der Waals surface area contributed by atoms with Gasteiger partial charge in [0.05, 0.1) is 11.0 Å². The molecule has 1 aliphatic rings. The summed E-state index contributed by atoms with van der Waals surface area (Å²) in [6, 6.07) is 64.5. The number of para-hydroxylation sites is 1. The van der Waals surface area contributed by atoms with Gasteiger partial charge in [-0.1, -0.05) is 140 Å². The summed E-state index contributed by atoms with van der Waals surface area (Å²) in [6.07, 6.45) is 0. The van der Waals surface area contributed by atoms with Crippen molar-refractivity contribution < 1.29 is 0 Å². The summed E-state index contributed by atoms with van der Waals surface area (Å²) < 4.78 is 2.36. The van der Waals surface area contributed by atoms with Crippen LogP contribution in [0, 0.1) is 0 Å². The van der Waals surface area contributed by atoms with Crippen LogP contribution >= 0.6 is 0 Å². The van der Waals surface area contributed by atoms with Crippen molar-refractivity contribution in [1.29, 1.82) is 0 Å². The van der Waals surface area contributed by atoms with E-state index in [4.69, 9.17) is 15.0 Å². The second-order valence-corrected chi connectivity index (χ2v) is 13.6. The van der Waals surface area contributed by atoms with Gasteiger partial charge < -0.3 is 4.57 Å². The van der Waals surface area contributed by atoms with Crippen molar-refractivity contribution in [2.45, 2.75) is 0 Å². The van der Waals surface area contributed by atoms with Gasteiger partial charge in [-0.3, -0.25) is 0 Å². The fraction of sp³-hybridized carbons (Fsp3) is 0. The number of fused-ring (bicyclic) bond motifs is 6. The molecule has 0 saturated heterocycles. The average molecular weight is 675 g/mol. The standard InChI is InChI=1S/C49H30N4/c1-3-12-31(13-4-1)47-50-48(32-14-5-2-6-15-32)52-49(51-47)33-22-25-35(26-23-33)53-44-21-10-9-18-39(44)43-30-34(24-29-45(43)53)36-27-28-42-38-17-8-7-16-37(38)41-20-11-19-40(36)46(41)42/h1-30H. The molecule has 4 heteroatoms. The van der Waals surface area contributed by atoms with Gasteiger partial charge in [0.15, 0.2) is 17.5 Å². The Kier molecular flexibility index (Phi) is 6.52. The van der Waals surface area contributed by atoms with Crippen LogP contribution in [-0.4, -0.2) is 19.5 Å². The van der Waals surface area contributed by atoms with Gasteiger partial charge in [0.2, 0.25) is 0 Å². The van der Waals surface area contributed by atoms with E-state index in [2.05, 4.69) is 126 Å². The van der Waals surface area contributed by atoms with Crippen molar-refractivity contribution in [3.63, 3.8) is 0 Å². The molecule has 2 heterocycles. The van der Waals surface area contributed by atoms with Gasteiger partial charge in [0.1, 0.15) is 0 Å². The van der Waals surface area contributed by atoms with Gasteiger partial charge in [-0.2, -0.15) is 0 Å². The van der Waals surface area contributed by atoms with Crippen LogP contribution in [-0.2, 0) is 0 Å². The molecule has 0 radical (unpaired) electrons. The number of hydrogen-bond acceptors (Lipinski definition) is 3. The van der Waals surface area contributed by atoms with E-state index in [0.717, 1.165) is 22.4 Å². The number of hydrogen-bond donors (Lipinski definition) is 0. The lowest BCUT2D eigenvalue weighted by Crippen LogP contribution is -2.00. The SMILES string of the molecule is c1ccc(-c2nc(-c3ccccc3)nc(-c3ccc(-n4c5ccccc5c5cc(-c6ccc7c8c(cccc68)-c6ccccc6-7)ccc54)cc3)n2)cc1. The Hall–Kier alpha value is -7.17. The minimum absolute atomic E-state index is 0.643. The lowest BCUT2D eigenvalue weighted by Gasteiger charge is -2.12. The minimum Gasteiger partial charge on any atom is -0.309 e. The maximum absolute atomic E-state index is 4.95. The number of rotatable bonds is 5. The maximum atomic E-state index is 4.95. The predicted octanol–water partition coefficient (Wildman–Crippen LogP) is 12.4. The average Bonchev–Trinajstić information content (AvgIpc) is 3.75. The highest BCUT2D eigenvalue weighted by Gasteiger charge is 2.23. The first-order chi connectivity index (χ1) is 26.3. The zero-order valence-electron chi connectivity index (χ0n) is 28.6. The van der Waals surface area contributed by atoms with Crippen LogP contribution in [0.2, 0.25) is 0 Å². The second kappa shape index (κ2) is 11.7. The topological polar surface area (TPSA) is 43.6 Å². The van der Waals surface area contributed by atoms with Crippen molar-refractivity contribution in [3.8, 4) is 73.2 Å². The lowest BCUT2D eigenvalue weighted by molar-refractivity contribution is 1.07. The third-order valence-corrected chi connectivity index (χ3v) is 10.6. The predicted molar refractivity (Wildman–Crippen MR) is 218 cm³/mol. The van der Waals surface area contributed by atoms with Gasteiger partial charge in [-0.05, 0) is 86.6 Å². The van der Waals surface area contributed by atoms with Crippen molar-refractivity contribution in [3.05, 3.63) is 182 Å². The lowest BCUT2D eigenvalue weighted by atomic mass is 9.93. The molecular weight excluding hydrogens is 645 g/mol. The summed E-state index contributed by atoms with van der Waals surface area (Å²) in [5.41, 5.74) is 14.0. The first-order valence-corrected chi connectivity index (χ1v) is 18.0. The van der Waals surface area contributed by atoms with Crippen LogP contribution in [0.4, 0.5) is 0 Å². The molecule has 0 fully saturated rings. The summed E-state index contributed by atoms with van der Waals surface area (Å²) in [4.78, 5) is 14.8. The molecule has 0 spiro atoms. The van der Waals surface area contributed by atoms with Crippen molar-refractivity contribution in [2.75, 3.05) is 0 Å². The summed E-state index contributed by atoms with van der Waals surface area (Å²) in [5.74, 6) is 1.95. The normalized spacial score (nSPS) is 11.8. The largest absolute Gasteiger partial charge is 0.309 e. The van der Waals surface area contributed by atoms with E-state index in [1.54, 1.807) is 0 Å². The molecular formula is C49H30N4. The van der Waals surface area contributed by atoms with E-state index < -0.39 is 0 Å². The van der Waals surface area contributed by atoms with Crippen molar-refractivity contribution >= 4 is 32.6 Å². The molecule has 0 N–H and O–H groups in total. The number of aromatic nitrogens is 4. The minimum atomic E-state index is 0.643. The maximum Gasteiger partial charge on any atom is 0.164 e. The Labute approximate surface area is 306 Å². The molecule has 4 nitrogen and oxygen atoms in total. The first-order valence-electron chi connectivity index (χ1n) is 18.0. The van der Waals surface area contributed by atoms with Gasteiger partial charge >= 0.3 is 0 Å². The smallest absolute Gasteiger partial charge is 0.164 e. The van der Waals surface area contributed by atoms with Crippen LogP contribution in [0.3, 0.4) is 0 Å². The Morgan fingerprint density at radius 3 is 1.47 bits per heavy atom. The van der Waals surface area contributed by atoms with Crippen LogP contribution in [0.15, 0.2) is 182 Å². The monoisotopic (exact) mass is 674 g/mol. The molecule has 8 aromatic carbocycles. The highest BCUT2D eigenvalue weighted by atomic mass is 15.0. The molecule has 0 aliphatic heterocycles. The van der Waals surface area contributed by atoms with E-state index in [-0.39, 0.29) is 0 Å². The van der Waals surface area contributed by atoms with Crippen LogP contribution in [0.1, 0.15) is 0 Å². The quantitative estimate of drug-likeness (QED) is 0.182. The summed E-state index contributed by atoms with van der Waals surface area (Å²) >= 11 is 0. The third-order valence-electron chi connectivity index (χ3n) is 10.6. The Balaban J connectivity index is 1.03. The zero-order chi connectivity index (χ0) is 34.9. The highest BCUT2D eigenvalue weighted by Crippen LogP contribution is 2.49. The Morgan fingerprint density at radius 1 is 0.302 bits per heavy atom. The summed E-state index contributed by atoms with van der Waals surface area (Å²) in [5, 5.41) is 5.09. The van der Waals surface area contributed by atoms with Crippen LogP contribution < -0.4 is 0 Å². The molecule has 0 saturated carbocycles.